The van der Waals surface area contributed by atoms with Crippen molar-refractivity contribution in [1.29, 1.82) is 0 Å². The first-order chi connectivity index (χ1) is 15.4. The van der Waals surface area contributed by atoms with Crippen LogP contribution in [0.5, 0.6) is 0 Å². The van der Waals surface area contributed by atoms with Crippen LogP contribution < -0.4 is 10.9 Å². The van der Waals surface area contributed by atoms with Crippen molar-refractivity contribution in [3.05, 3.63) is 52.2 Å². The van der Waals surface area contributed by atoms with Crippen LogP contribution in [-0.4, -0.2) is 32.3 Å². The van der Waals surface area contributed by atoms with Gasteiger partial charge in [0.25, 0.3) is 5.91 Å². The molecule has 1 aromatic carbocycles. The molecule has 1 atom stereocenters. The number of amides is 2. The zero-order chi connectivity index (χ0) is 22.7. The predicted octanol–water partition coefficient (Wildman–Crippen LogP) is 3.75. The number of thioether (sulfide) groups is 1. The quantitative estimate of drug-likeness (QED) is 0.421. The number of nitrogens with one attached hydrogen (secondary N) is 2. The Hall–Kier alpha value is -2.72. The van der Waals surface area contributed by atoms with Gasteiger partial charge in [-0.1, -0.05) is 25.1 Å². The number of halogens is 1. The minimum atomic E-state index is -0.517. The first kappa shape index (κ1) is 22.5. The maximum absolute atomic E-state index is 12.9. The molecule has 1 aliphatic carbocycles. The van der Waals surface area contributed by atoms with Crippen LogP contribution in [0.15, 0.2) is 35.5 Å². The molecule has 1 aliphatic rings. The maximum atomic E-state index is 12.9. The van der Waals surface area contributed by atoms with Gasteiger partial charge in [-0.15, -0.1) is 21.5 Å². The van der Waals surface area contributed by atoms with E-state index in [9.17, 15) is 14.0 Å². The summed E-state index contributed by atoms with van der Waals surface area (Å²) in [5.74, 6) is 0.290. The van der Waals surface area contributed by atoms with Crippen molar-refractivity contribution in [2.75, 3.05) is 5.75 Å². The molecule has 2 amide bonds. The number of carbonyl (C=O) groups excluding carboxylic acids is 2. The van der Waals surface area contributed by atoms with Crippen molar-refractivity contribution in [3.63, 3.8) is 0 Å². The smallest absolute Gasteiger partial charge is 0.269 e. The van der Waals surface area contributed by atoms with Gasteiger partial charge in [-0.25, -0.2) is 4.39 Å². The molecule has 32 heavy (non-hydrogen) atoms. The van der Waals surface area contributed by atoms with Gasteiger partial charge in [-0.2, -0.15) is 0 Å². The van der Waals surface area contributed by atoms with Gasteiger partial charge >= 0.3 is 0 Å². The van der Waals surface area contributed by atoms with E-state index in [4.69, 9.17) is 0 Å². The third-order valence-electron chi connectivity index (χ3n) is 5.57. The largest absolute Gasteiger partial charge is 0.304 e. The van der Waals surface area contributed by atoms with E-state index in [1.54, 1.807) is 11.3 Å². The number of benzene rings is 1. The van der Waals surface area contributed by atoms with E-state index < -0.39 is 11.7 Å². The SMILES string of the molecule is CCC1CCc2sc(-c3nnc(SCC(=O)NNC(=O)c4ccc(F)cc4)n3C)cc2C1. The fourth-order valence-corrected chi connectivity index (χ4v) is 5.62. The lowest BCUT2D eigenvalue weighted by Crippen LogP contribution is -2.42. The predicted molar refractivity (Wildman–Crippen MR) is 123 cm³/mol. The van der Waals surface area contributed by atoms with Crippen LogP contribution in [0.3, 0.4) is 0 Å². The van der Waals surface area contributed by atoms with Gasteiger partial charge in [-0.3, -0.25) is 20.4 Å². The van der Waals surface area contributed by atoms with Crippen molar-refractivity contribution in [2.24, 2.45) is 13.0 Å². The van der Waals surface area contributed by atoms with Crippen molar-refractivity contribution in [1.82, 2.24) is 25.6 Å². The number of aryl methyl sites for hydroxylation is 1. The van der Waals surface area contributed by atoms with E-state index in [0.717, 1.165) is 29.5 Å². The van der Waals surface area contributed by atoms with Crippen LogP contribution >= 0.6 is 23.1 Å². The maximum Gasteiger partial charge on any atom is 0.269 e. The molecule has 0 saturated heterocycles. The van der Waals surface area contributed by atoms with Gasteiger partial charge in [0.1, 0.15) is 5.82 Å². The molecule has 2 heterocycles. The number of rotatable bonds is 6. The van der Waals surface area contributed by atoms with Crippen LogP contribution in [0.2, 0.25) is 0 Å². The number of carbonyl (C=O) groups is 2. The summed E-state index contributed by atoms with van der Waals surface area (Å²) >= 11 is 3.02. The normalized spacial score (nSPS) is 15.3. The molecule has 10 heteroatoms. The molecule has 0 aliphatic heterocycles. The number of fused-ring (bicyclic) bond motifs is 1. The number of hydrogen-bond donors (Lipinski definition) is 2. The lowest BCUT2D eigenvalue weighted by molar-refractivity contribution is -0.119. The van der Waals surface area contributed by atoms with Gasteiger partial charge in [0.15, 0.2) is 11.0 Å². The summed E-state index contributed by atoms with van der Waals surface area (Å²) < 4.78 is 14.8. The van der Waals surface area contributed by atoms with E-state index in [1.807, 2.05) is 11.6 Å². The monoisotopic (exact) mass is 473 g/mol. The van der Waals surface area contributed by atoms with E-state index in [-0.39, 0.29) is 17.2 Å². The number of hydrazine groups is 1. The van der Waals surface area contributed by atoms with Crippen LogP contribution in [0.25, 0.3) is 10.7 Å². The molecule has 0 spiro atoms. The minimum absolute atomic E-state index is 0.0643. The Morgan fingerprint density at radius 2 is 2.03 bits per heavy atom. The molecular weight excluding hydrogens is 449 g/mol. The van der Waals surface area contributed by atoms with Gasteiger partial charge in [0.2, 0.25) is 5.91 Å². The van der Waals surface area contributed by atoms with E-state index in [1.165, 1.54) is 59.3 Å². The molecular formula is C22H24FN5O2S2. The minimum Gasteiger partial charge on any atom is -0.304 e. The third-order valence-corrected chi connectivity index (χ3v) is 7.83. The summed E-state index contributed by atoms with van der Waals surface area (Å²) in [4.78, 5) is 26.7. The second-order valence-electron chi connectivity index (χ2n) is 7.74. The third kappa shape index (κ3) is 5.02. The highest BCUT2D eigenvalue weighted by Gasteiger charge is 2.22. The Kier molecular flexibility index (Phi) is 6.90. The second-order valence-corrected chi connectivity index (χ2v) is 9.82. The Labute approximate surface area is 193 Å². The zero-order valence-corrected chi connectivity index (χ0v) is 19.5. The Bertz CT molecular complexity index is 1130. The molecule has 0 saturated carbocycles. The lowest BCUT2D eigenvalue weighted by Gasteiger charge is -2.19. The highest BCUT2D eigenvalue weighted by Crippen LogP contribution is 2.37. The number of nitrogens with zero attached hydrogens (tertiary/aromatic N) is 3. The molecule has 4 rings (SSSR count). The second kappa shape index (κ2) is 9.83. The topological polar surface area (TPSA) is 88.9 Å². The molecule has 0 radical (unpaired) electrons. The molecule has 1 unspecified atom stereocenters. The zero-order valence-electron chi connectivity index (χ0n) is 17.9. The summed E-state index contributed by atoms with van der Waals surface area (Å²) in [5.41, 5.74) is 6.36. The van der Waals surface area contributed by atoms with Gasteiger partial charge in [0.05, 0.1) is 10.6 Å². The van der Waals surface area contributed by atoms with Crippen molar-refractivity contribution in [2.45, 2.75) is 37.8 Å². The molecule has 168 valence electrons. The standard InChI is InChI=1S/C22H24FN5O2S2/c1-3-13-4-9-17-15(10-13)11-18(32-17)20-25-27-22(28(20)2)31-12-19(29)24-26-21(30)14-5-7-16(23)8-6-14/h5-8,11,13H,3-4,9-10,12H2,1-2H3,(H,24,29)(H,26,30). The van der Waals surface area contributed by atoms with Crippen LogP contribution in [0.1, 0.15) is 40.6 Å². The van der Waals surface area contributed by atoms with E-state index >= 15 is 0 Å². The van der Waals surface area contributed by atoms with Gasteiger partial charge < -0.3 is 4.57 Å². The molecule has 0 fully saturated rings. The molecule has 7 nitrogen and oxygen atoms in total. The Balaban J connectivity index is 1.32. The first-order valence-electron chi connectivity index (χ1n) is 10.4. The van der Waals surface area contributed by atoms with Gasteiger partial charge in [0, 0.05) is 17.5 Å². The van der Waals surface area contributed by atoms with Crippen LogP contribution in [0, 0.1) is 11.7 Å². The number of hydrogen-bond acceptors (Lipinski definition) is 6. The van der Waals surface area contributed by atoms with Crippen molar-refractivity contribution >= 4 is 34.9 Å². The van der Waals surface area contributed by atoms with Crippen LogP contribution in [0.4, 0.5) is 4.39 Å². The molecule has 2 N–H and O–H groups in total. The highest BCUT2D eigenvalue weighted by atomic mass is 32.2. The number of thiophene rings is 1. The van der Waals surface area contributed by atoms with Crippen molar-refractivity contribution in [3.8, 4) is 10.7 Å². The summed E-state index contributed by atoms with van der Waals surface area (Å²) in [6.07, 6.45) is 4.71. The first-order valence-corrected chi connectivity index (χ1v) is 12.2. The fourth-order valence-electron chi connectivity index (χ4n) is 3.68. The summed E-state index contributed by atoms with van der Waals surface area (Å²) in [6.45, 7) is 2.25. The Morgan fingerprint density at radius 3 is 2.78 bits per heavy atom. The van der Waals surface area contributed by atoms with Gasteiger partial charge in [-0.05, 0) is 61.1 Å². The molecule has 3 aromatic rings. The van der Waals surface area contributed by atoms with Crippen LogP contribution in [-0.2, 0) is 24.7 Å². The molecule has 2 aromatic heterocycles. The summed E-state index contributed by atoms with van der Waals surface area (Å²) in [6, 6.07) is 7.29. The lowest BCUT2D eigenvalue weighted by atomic mass is 9.87. The average Bonchev–Trinajstić information content (AvgIpc) is 3.38. The van der Waals surface area contributed by atoms with E-state index in [2.05, 4.69) is 34.0 Å². The summed E-state index contributed by atoms with van der Waals surface area (Å²) in [7, 11) is 1.89. The summed E-state index contributed by atoms with van der Waals surface area (Å²) in [5, 5.41) is 9.19. The molecule has 0 bridgehead atoms. The van der Waals surface area contributed by atoms with E-state index in [0.29, 0.717) is 5.16 Å². The number of aromatic nitrogens is 3. The Morgan fingerprint density at radius 1 is 1.25 bits per heavy atom. The highest BCUT2D eigenvalue weighted by molar-refractivity contribution is 7.99. The average molecular weight is 474 g/mol. The fraction of sp³-hybridized carbons (Fsp3) is 0.364. The van der Waals surface area contributed by atoms with Crippen molar-refractivity contribution < 1.29 is 14.0 Å².